The van der Waals surface area contributed by atoms with Gasteiger partial charge in [-0.3, -0.25) is 0 Å². The highest BCUT2D eigenvalue weighted by molar-refractivity contribution is 7.89. The summed E-state index contributed by atoms with van der Waals surface area (Å²) in [6.07, 6.45) is 1.56. The molecular formula is C21H26N2O4S. The van der Waals surface area contributed by atoms with Crippen molar-refractivity contribution in [3.8, 4) is 5.75 Å². The summed E-state index contributed by atoms with van der Waals surface area (Å²) in [6.45, 7) is 4.32. The molecule has 0 bridgehead atoms. The van der Waals surface area contributed by atoms with Crippen molar-refractivity contribution < 1.29 is 17.9 Å². The number of ether oxygens (including phenoxy) is 2. The summed E-state index contributed by atoms with van der Waals surface area (Å²) in [6, 6.07) is 13.2. The topological polar surface area (TPSA) is 59.1 Å². The maximum Gasteiger partial charge on any atom is 0.243 e. The van der Waals surface area contributed by atoms with Gasteiger partial charge in [-0.1, -0.05) is 24.3 Å². The summed E-state index contributed by atoms with van der Waals surface area (Å²) < 4.78 is 38.6. The van der Waals surface area contributed by atoms with Gasteiger partial charge in [0.25, 0.3) is 0 Å². The predicted octanol–water partition coefficient (Wildman–Crippen LogP) is 3.15. The maximum absolute atomic E-state index is 13.0. The Morgan fingerprint density at radius 2 is 1.86 bits per heavy atom. The van der Waals surface area contributed by atoms with Gasteiger partial charge < -0.3 is 14.4 Å². The minimum Gasteiger partial charge on any atom is -0.497 e. The molecule has 0 aliphatic carbocycles. The molecule has 0 atom stereocenters. The summed E-state index contributed by atoms with van der Waals surface area (Å²) in [5, 5.41) is 0. The van der Waals surface area contributed by atoms with Gasteiger partial charge in [-0.05, 0) is 37.5 Å². The van der Waals surface area contributed by atoms with E-state index < -0.39 is 10.0 Å². The van der Waals surface area contributed by atoms with Gasteiger partial charge in [0.2, 0.25) is 10.0 Å². The second-order valence-corrected chi connectivity index (χ2v) is 9.28. The molecule has 0 saturated carbocycles. The summed E-state index contributed by atoms with van der Waals surface area (Å²) >= 11 is 0. The monoisotopic (exact) mass is 402 g/mol. The number of sulfonamides is 1. The van der Waals surface area contributed by atoms with Crippen LogP contribution in [0.15, 0.2) is 47.4 Å². The first kappa shape index (κ1) is 19.2. The summed E-state index contributed by atoms with van der Waals surface area (Å²) in [5.74, 6) is 0.550. The maximum atomic E-state index is 13.0. The molecule has 0 aromatic heterocycles. The van der Waals surface area contributed by atoms with Gasteiger partial charge in [-0.25, -0.2) is 8.42 Å². The number of hydrogen-bond donors (Lipinski definition) is 0. The zero-order chi connectivity index (χ0) is 19.7. The molecule has 2 aromatic carbocycles. The zero-order valence-corrected chi connectivity index (χ0v) is 17.1. The van der Waals surface area contributed by atoms with E-state index in [1.54, 1.807) is 28.6 Å². The first-order valence-corrected chi connectivity index (χ1v) is 11.0. The van der Waals surface area contributed by atoms with E-state index in [0.29, 0.717) is 32.2 Å². The first-order chi connectivity index (χ1) is 13.5. The van der Waals surface area contributed by atoms with Crippen LogP contribution in [0.25, 0.3) is 0 Å². The number of methoxy groups -OCH3 is 1. The number of hydrogen-bond acceptors (Lipinski definition) is 5. The molecule has 6 nitrogen and oxygen atoms in total. The average molecular weight is 403 g/mol. The summed E-state index contributed by atoms with van der Waals surface area (Å²) in [4.78, 5) is 2.59. The molecule has 2 heterocycles. The van der Waals surface area contributed by atoms with Gasteiger partial charge in [0.1, 0.15) is 12.5 Å². The molecule has 4 rings (SSSR count). The van der Waals surface area contributed by atoms with Crippen molar-refractivity contribution in [1.29, 1.82) is 0 Å². The molecule has 1 fully saturated rings. The van der Waals surface area contributed by atoms with Crippen molar-refractivity contribution in [3.63, 3.8) is 0 Å². The van der Waals surface area contributed by atoms with Gasteiger partial charge in [0.05, 0.1) is 18.6 Å². The number of nitrogens with zero attached hydrogens (tertiary/aromatic N) is 2. The van der Waals surface area contributed by atoms with Crippen LogP contribution in [0.3, 0.4) is 0 Å². The molecule has 0 radical (unpaired) electrons. The van der Waals surface area contributed by atoms with Crippen LogP contribution in [0.2, 0.25) is 0 Å². The van der Waals surface area contributed by atoms with E-state index >= 15 is 0 Å². The number of piperidine rings is 1. The third-order valence-corrected chi connectivity index (χ3v) is 7.53. The van der Waals surface area contributed by atoms with Crippen LogP contribution in [0.4, 0.5) is 5.69 Å². The molecule has 1 saturated heterocycles. The van der Waals surface area contributed by atoms with E-state index in [2.05, 4.69) is 30.0 Å². The van der Waals surface area contributed by atoms with Crippen molar-refractivity contribution in [2.24, 2.45) is 0 Å². The fourth-order valence-electron chi connectivity index (χ4n) is 4.16. The molecule has 2 aromatic rings. The minimum absolute atomic E-state index is 0.275. The van der Waals surface area contributed by atoms with Gasteiger partial charge in [-0.15, -0.1) is 0 Å². The highest BCUT2D eigenvalue weighted by atomic mass is 32.2. The van der Waals surface area contributed by atoms with E-state index in [1.165, 1.54) is 23.9 Å². The summed E-state index contributed by atoms with van der Waals surface area (Å²) in [5.41, 5.74) is 3.70. The number of fused-ring (bicyclic) bond motifs is 1. The van der Waals surface area contributed by atoms with Gasteiger partial charge in [-0.2, -0.15) is 4.31 Å². The number of para-hydroxylation sites is 1. The lowest BCUT2D eigenvalue weighted by atomic mass is 10.00. The standard InChI is InChI=1S/C21H26N2O4S/c1-16-5-3-6-17-14-27-15-23(21(16)17)18-9-11-22(12-10-18)28(24,25)20-8-4-7-19(13-20)26-2/h3-8,13,18H,9-12,14-15H2,1-2H3. The number of anilines is 1. The fourth-order valence-corrected chi connectivity index (χ4v) is 5.66. The Hall–Kier alpha value is -2.09. The average Bonchev–Trinajstić information content (AvgIpc) is 2.74. The molecule has 7 heteroatoms. The second-order valence-electron chi connectivity index (χ2n) is 7.34. The smallest absolute Gasteiger partial charge is 0.243 e. The lowest BCUT2D eigenvalue weighted by Gasteiger charge is -2.42. The number of aryl methyl sites for hydroxylation is 1. The Morgan fingerprint density at radius 1 is 1.11 bits per heavy atom. The molecule has 0 unspecified atom stereocenters. The van der Waals surface area contributed by atoms with Crippen LogP contribution in [0.1, 0.15) is 24.0 Å². The largest absolute Gasteiger partial charge is 0.497 e. The van der Waals surface area contributed by atoms with Crippen molar-refractivity contribution >= 4 is 15.7 Å². The van der Waals surface area contributed by atoms with E-state index in [9.17, 15) is 8.42 Å². The van der Waals surface area contributed by atoms with Crippen LogP contribution >= 0.6 is 0 Å². The summed E-state index contributed by atoms with van der Waals surface area (Å²) in [7, 11) is -1.97. The predicted molar refractivity (Wildman–Crippen MR) is 108 cm³/mol. The molecule has 150 valence electrons. The molecule has 0 N–H and O–H groups in total. The van der Waals surface area contributed by atoms with Crippen LogP contribution in [0.5, 0.6) is 5.75 Å². The quantitative estimate of drug-likeness (QED) is 0.786. The molecule has 2 aliphatic rings. The molecular weight excluding hydrogens is 376 g/mol. The van der Waals surface area contributed by atoms with E-state index in [4.69, 9.17) is 9.47 Å². The fraction of sp³-hybridized carbons (Fsp3) is 0.429. The van der Waals surface area contributed by atoms with E-state index in [1.807, 2.05) is 0 Å². The number of benzene rings is 2. The zero-order valence-electron chi connectivity index (χ0n) is 16.3. The van der Waals surface area contributed by atoms with E-state index in [0.717, 1.165) is 12.8 Å². The highest BCUT2D eigenvalue weighted by Crippen LogP contribution is 2.34. The Labute approximate surface area is 166 Å². The molecule has 0 spiro atoms. The second kappa shape index (κ2) is 7.73. The molecule has 2 aliphatic heterocycles. The van der Waals surface area contributed by atoms with Crippen LogP contribution in [-0.2, 0) is 21.4 Å². The third kappa shape index (κ3) is 3.50. The van der Waals surface area contributed by atoms with Gasteiger partial charge in [0, 0.05) is 36.4 Å². The highest BCUT2D eigenvalue weighted by Gasteiger charge is 2.34. The number of rotatable bonds is 4. The third-order valence-electron chi connectivity index (χ3n) is 5.64. The van der Waals surface area contributed by atoms with Crippen molar-refractivity contribution in [1.82, 2.24) is 4.31 Å². The Morgan fingerprint density at radius 3 is 2.61 bits per heavy atom. The lowest BCUT2D eigenvalue weighted by Crippen LogP contribution is -2.48. The molecule has 28 heavy (non-hydrogen) atoms. The first-order valence-electron chi connectivity index (χ1n) is 9.58. The normalized spacial score (nSPS) is 18.7. The van der Waals surface area contributed by atoms with Crippen molar-refractivity contribution in [2.45, 2.75) is 37.3 Å². The van der Waals surface area contributed by atoms with Crippen molar-refractivity contribution in [3.05, 3.63) is 53.6 Å². The molecule has 0 amide bonds. The minimum atomic E-state index is -3.51. The van der Waals surface area contributed by atoms with Crippen LogP contribution < -0.4 is 9.64 Å². The van der Waals surface area contributed by atoms with Crippen LogP contribution in [0, 0.1) is 6.92 Å². The SMILES string of the molecule is COc1cccc(S(=O)(=O)N2CCC(N3COCc4cccc(C)c43)CC2)c1. The Kier molecular flexibility index (Phi) is 5.31. The van der Waals surface area contributed by atoms with Crippen LogP contribution in [-0.4, -0.2) is 45.7 Å². The Bertz CT molecular complexity index is 953. The van der Waals surface area contributed by atoms with Crippen molar-refractivity contribution in [2.75, 3.05) is 31.8 Å². The van der Waals surface area contributed by atoms with E-state index in [-0.39, 0.29) is 10.9 Å². The lowest BCUT2D eigenvalue weighted by molar-refractivity contribution is 0.0986. The van der Waals surface area contributed by atoms with Gasteiger partial charge in [0.15, 0.2) is 0 Å². The van der Waals surface area contributed by atoms with Gasteiger partial charge >= 0.3 is 0 Å². The Balaban J connectivity index is 1.50.